The van der Waals surface area contributed by atoms with Crippen LogP contribution < -0.4 is 0 Å². The number of nitrogens with zero attached hydrogens (tertiary/aromatic N) is 1. The van der Waals surface area contributed by atoms with Crippen molar-refractivity contribution in [1.29, 1.82) is 0 Å². The second kappa shape index (κ2) is 2.27. The van der Waals surface area contributed by atoms with Crippen LogP contribution in [0.3, 0.4) is 0 Å². The van der Waals surface area contributed by atoms with Gasteiger partial charge < -0.3 is 0 Å². The first kappa shape index (κ1) is 6.23. The van der Waals surface area contributed by atoms with Gasteiger partial charge in [0.25, 0.3) is 0 Å². The van der Waals surface area contributed by atoms with Crippen LogP contribution in [0.15, 0.2) is 23.2 Å². The van der Waals surface area contributed by atoms with Crippen LogP contribution in [-0.2, 0) is 0 Å². The van der Waals surface area contributed by atoms with E-state index in [1.165, 1.54) is 16.3 Å². The molecule has 0 aliphatic carbocycles. The Balaban J connectivity index is 2.51. The lowest BCUT2D eigenvalue weighted by atomic mass is 10.1. The van der Waals surface area contributed by atoms with Crippen LogP contribution in [0.4, 0.5) is 0 Å². The average molecular weight is 151 g/mol. The van der Waals surface area contributed by atoms with Crippen LogP contribution >= 0.6 is 11.8 Å². The van der Waals surface area contributed by atoms with E-state index in [0.717, 1.165) is 0 Å². The fraction of sp³-hybridized carbons (Fsp3) is 0.375. The average Bonchev–Trinajstić information content (AvgIpc) is 2.34. The zero-order chi connectivity index (χ0) is 6.97. The quantitative estimate of drug-likeness (QED) is 0.564. The lowest BCUT2D eigenvalue weighted by Crippen LogP contribution is -1.91. The molecule has 1 atom stereocenters. The Morgan fingerprint density at radius 3 is 3.40 bits per heavy atom. The summed E-state index contributed by atoms with van der Waals surface area (Å²) in [7, 11) is 0. The number of fused-ring (bicyclic) bond motifs is 1. The van der Waals surface area contributed by atoms with Crippen molar-refractivity contribution in [2.24, 2.45) is 0 Å². The fourth-order valence-electron chi connectivity index (χ4n) is 1.19. The first-order valence-electron chi connectivity index (χ1n) is 3.45. The summed E-state index contributed by atoms with van der Waals surface area (Å²) in [5, 5.41) is 0. The monoisotopic (exact) mass is 151 g/mol. The van der Waals surface area contributed by atoms with Gasteiger partial charge in [-0.05, 0) is 12.1 Å². The van der Waals surface area contributed by atoms with Crippen molar-refractivity contribution in [1.82, 2.24) is 4.98 Å². The van der Waals surface area contributed by atoms with E-state index in [1.54, 1.807) is 0 Å². The highest BCUT2D eigenvalue weighted by atomic mass is 32.2. The van der Waals surface area contributed by atoms with Gasteiger partial charge in [-0.25, -0.2) is 0 Å². The highest BCUT2D eigenvalue weighted by Gasteiger charge is 2.19. The van der Waals surface area contributed by atoms with Crippen molar-refractivity contribution < 1.29 is 0 Å². The molecule has 10 heavy (non-hydrogen) atoms. The Labute approximate surface area is 64.9 Å². The van der Waals surface area contributed by atoms with E-state index in [9.17, 15) is 0 Å². The van der Waals surface area contributed by atoms with E-state index < -0.39 is 0 Å². The topological polar surface area (TPSA) is 12.9 Å². The summed E-state index contributed by atoms with van der Waals surface area (Å²) < 4.78 is 0. The lowest BCUT2D eigenvalue weighted by Gasteiger charge is -1.98. The first-order chi connectivity index (χ1) is 4.88. The molecular formula is C8H9NS. The lowest BCUT2D eigenvalue weighted by molar-refractivity contribution is 0.832. The van der Waals surface area contributed by atoms with E-state index in [0.29, 0.717) is 5.92 Å². The van der Waals surface area contributed by atoms with E-state index in [4.69, 9.17) is 0 Å². The van der Waals surface area contributed by atoms with Crippen molar-refractivity contribution in [2.75, 3.05) is 5.75 Å². The van der Waals surface area contributed by atoms with E-state index in [-0.39, 0.29) is 0 Å². The summed E-state index contributed by atoms with van der Waals surface area (Å²) in [4.78, 5) is 5.69. The molecule has 2 heteroatoms. The molecule has 2 rings (SSSR count). The zero-order valence-electron chi connectivity index (χ0n) is 5.87. The van der Waals surface area contributed by atoms with Gasteiger partial charge in [0.05, 0.1) is 5.69 Å². The van der Waals surface area contributed by atoms with Crippen LogP contribution in [0.2, 0.25) is 0 Å². The molecule has 0 N–H and O–H groups in total. The minimum absolute atomic E-state index is 0.654. The number of pyridine rings is 1. The Kier molecular flexibility index (Phi) is 1.42. The van der Waals surface area contributed by atoms with Gasteiger partial charge in [0.15, 0.2) is 0 Å². The third kappa shape index (κ3) is 0.833. The van der Waals surface area contributed by atoms with Crippen LogP contribution in [-0.4, -0.2) is 10.7 Å². The number of aromatic nitrogens is 1. The van der Waals surface area contributed by atoms with Gasteiger partial charge in [0.1, 0.15) is 0 Å². The third-order valence-electron chi connectivity index (χ3n) is 1.76. The van der Waals surface area contributed by atoms with Crippen LogP contribution in [0.25, 0.3) is 0 Å². The molecule has 0 bridgehead atoms. The van der Waals surface area contributed by atoms with E-state index in [1.807, 2.05) is 24.0 Å². The molecule has 0 radical (unpaired) electrons. The molecule has 0 spiro atoms. The summed E-state index contributed by atoms with van der Waals surface area (Å²) in [5.74, 6) is 1.85. The third-order valence-corrected chi connectivity index (χ3v) is 3.08. The molecule has 1 aromatic heterocycles. The minimum Gasteiger partial charge on any atom is -0.260 e. The molecule has 0 amide bonds. The smallest absolute Gasteiger partial charge is 0.0575 e. The predicted molar refractivity (Wildman–Crippen MR) is 43.4 cm³/mol. The first-order valence-corrected chi connectivity index (χ1v) is 4.44. The van der Waals surface area contributed by atoms with Gasteiger partial charge in [0.2, 0.25) is 0 Å². The van der Waals surface area contributed by atoms with Crippen molar-refractivity contribution in [3.63, 3.8) is 0 Å². The molecule has 1 aliphatic rings. The Morgan fingerprint density at radius 1 is 1.70 bits per heavy atom. The molecule has 1 unspecified atom stereocenters. The van der Waals surface area contributed by atoms with Crippen LogP contribution in [0.5, 0.6) is 0 Å². The number of rotatable bonds is 0. The SMILES string of the molecule is CC1CSc2cccnc21. The van der Waals surface area contributed by atoms with Gasteiger partial charge in [-0.1, -0.05) is 6.92 Å². The molecule has 52 valence electrons. The number of hydrogen-bond acceptors (Lipinski definition) is 2. The van der Waals surface area contributed by atoms with Crippen molar-refractivity contribution >= 4 is 11.8 Å². The number of hydrogen-bond donors (Lipinski definition) is 0. The Bertz CT molecular complexity index is 247. The van der Waals surface area contributed by atoms with Gasteiger partial charge in [0, 0.05) is 22.8 Å². The molecule has 0 saturated carbocycles. The van der Waals surface area contributed by atoms with Crippen LogP contribution in [0, 0.1) is 0 Å². The van der Waals surface area contributed by atoms with Crippen molar-refractivity contribution in [3.8, 4) is 0 Å². The summed E-state index contributed by atoms with van der Waals surface area (Å²) in [6.45, 7) is 2.23. The van der Waals surface area contributed by atoms with Gasteiger partial charge in [-0.15, -0.1) is 11.8 Å². The molecule has 1 aromatic rings. The molecule has 1 aliphatic heterocycles. The second-order valence-corrected chi connectivity index (χ2v) is 3.66. The standard InChI is InChI=1S/C8H9NS/c1-6-5-10-7-3-2-4-9-8(6)7/h2-4,6H,5H2,1H3. The normalized spacial score (nSPS) is 22.7. The summed E-state index contributed by atoms with van der Waals surface area (Å²) in [6.07, 6.45) is 1.88. The van der Waals surface area contributed by atoms with E-state index >= 15 is 0 Å². The largest absolute Gasteiger partial charge is 0.260 e. The highest BCUT2D eigenvalue weighted by Crippen LogP contribution is 2.36. The molecule has 0 fully saturated rings. The maximum Gasteiger partial charge on any atom is 0.0575 e. The van der Waals surface area contributed by atoms with Gasteiger partial charge >= 0.3 is 0 Å². The maximum atomic E-state index is 4.32. The summed E-state index contributed by atoms with van der Waals surface area (Å²) in [6, 6.07) is 4.15. The number of thioether (sulfide) groups is 1. The van der Waals surface area contributed by atoms with Gasteiger partial charge in [-0.2, -0.15) is 0 Å². The van der Waals surface area contributed by atoms with Crippen LogP contribution in [0.1, 0.15) is 18.5 Å². The maximum absolute atomic E-state index is 4.32. The molecular weight excluding hydrogens is 142 g/mol. The molecule has 2 heterocycles. The Morgan fingerprint density at radius 2 is 2.60 bits per heavy atom. The van der Waals surface area contributed by atoms with Gasteiger partial charge in [-0.3, -0.25) is 4.98 Å². The molecule has 0 saturated heterocycles. The molecule has 0 aromatic carbocycles. The molecule has 1 nitrogen and oxygen atoms in total. The summed E-state index contributed by atoms with van der Waals surface area (Å²) >= 11 is 1.91. The second-order valence-electron chi connectivity index (χ2n) is 2.60. The van der Waals surface area contributed by atoms with Crippen molar-refractivity contribution in [3.05, 3.63) is 24.0 Å². The minimum atomic E-state index is 0.654. The highest BCUT2D eigenvalue weighted by molar-refractivity contribution is 7.99. The van der Waals surface area contributed by atoms with Crippen molar-refractivity contribution in [2.45, 2.75) is 17.7 Å². The summed E-state index contributed by atoms with van der Waals surface area (Å²) in [5.41, 5.74) is 1.28. The zero-order valence-corrected chi connectivity index (χ0v) is 6.69. The fourth-order valence-corrected chi connectivity index (χ4v) is 2.35. The Hall–Kier alpha value is -0.500. The van der Waals surface area contributed by atoms with E-state index in [2.05, 4.69) is 18.0 Å². The predicted octanol–water partition coefficient (Wildman–Crippen LogP) is 2.29.